The SMILES string of the molecule is CC(OP(=O)(N1CC1)N1CC1)c1ccc(N)c(-n2ccnc2-c2ccccc2)c1. The van der Waals surface area contributed by atoms with Crippen LogP contribution in [0, 0.1) is 0 Å². The van der Waals surface area contributed by atoms with Crippen LogP contribution in [0.15, 0.2) is 60.9 Å². The first-order valence-electron chi connectivity index (χ1n) is 9.84. The molecule has 29 heavy (non-hydrogen) atoms. The summed E-state index contributed by atoms with van der Waals surface area (Å²) in [6.45, 7) is 5.29. The maximum Gasteiger partial charge on any atom is 0.346 e. The molecule has 1 atom stereocenters. The van der Waals surface area contributed by atoms with Gasteiger partial charge in [-0.1, -0.05) is 36.4 Å². The topological polar surface area (TPSA) is 76.2 Å². The summed E-state index contributed by atoms with van der Waals surface area (Å²) in [5.74, 6) is 0.821. The molecule has 0 saturated carbocycles. The number of hydrogen-bond donors (Lipinski definition) is 1. The summed E-state index contributed by atoms with van der Waals surface area (Å²) in [5.41, 5.74) is 9.74. The van der Waals surface area contributed by atoms with Crippen molar-refractivity contribution in [3.63, 3.8) is 0 Å². The highest BCUT2D eigenvalue weighted by Gasteiger charge is 2.50. The summed E-state index contributed by atoms with van der Waals surface area (Å²) < 4.78 is 25.3. The lowest BCUT2D eigenvalue weighted by molar-refractivity contribution is 0.200. The second-order valence-corrected chi connectivity index (χ2v) is 9.77. The first-order chi connectivity index (χ1) is 14.1. The average Bonchev–Trinajstić information content (AvgIpc) is 3.65. The second-order valence-electron chi connectivity index (χ2n) is 7.45. The van der Waals surface area contributed by atoms with E-state index in [0.717, 1.165) is 48.8 Å². The van der Waals surface area contributed by atoms with Crippen molar-refractivity contribution in [3.05, 3.63) is 66.5 Å². The smallest absolute Gasteiger partial charge is 0.346 e. The lowest BCUT2D eigenvalue weighted by Gasteiger charge is -2.24. The minimum Gasteiger partial charge on any atom is -0.397 e. The van der Waals surface area contributed by atoms with Crippen LogP contribution in [0.25, 0.3) is 17.1 Å². The molecule has 0 spiro atoms. The Labute approximate surface area is 170 Å². The van der Waals surface area contributed by atoms with Crippen molar-refractivity contribution in [1.82, 2.24) is 18.9 Å². The molecule has 3 aromatic rings. The third kappa shape index (κ3) is 3.51. The molecule has 2 N–H and O–H groups in total. The van der Waals surface area contributed by atoms with E-state index in [9.17, 15) is 4.57 Å². The van der Waals surface area contributed by atoms with E-state index in [1.807, 2.05) is 75.6 Å². The van der Waals surface area contributed by atoms with Gasteiger partial charge in [0.1, 0.15) is 5.82 Å². The molecule has 2 aliphatic heterocycles. The number of nitrogens with zero attached hydrogens (tertiary/aromatic N) is 4. The number of nitrogens with two attached hydrogens (primary N) is 1. The number of imidazole rings is 1. The Kier molecular flexibility index (Phi) is 4.56. The minimum absolute atomic E-state index is 0.315. The maximum atomic E-state index is 13.3. The molecule has 0 bridgehead atoms. The van der Waals surface area contributed by atoms with E-state index in [4.69, 9.17) is 10.3 Å². The van der Waals surface area contributed by atoms with E-state index in [0.29, 0.717) is 5.69 Å². The van der Waals surface area contributed by atoms with Crippen molar-refractivity contribution in [3.8, 4) is 17.1 Å². The predicted molar refractivity (Wildman–Crippen MR) is 114 cm³/mol. The summed E-state index contributed by atoms with van der Waals surface area (Å²) in [6, 6.07) is 15.8. The van der Waals surface area contributed by atoms with E-state index in [1.165, 1.54) is 0 Å². The Hall–Kier alpha value is -2.44. The zero-order valence-corrected chi connectivity index (χ0v) is 17.2. The lowest BCUT2D eigenvalue weighted by atomic mass is 10.1. The molecule has 0 amide bonds. The fourth-order valence-corrected chi connectivity index (χ4v) is 5.84. The molecule has 5 rings (SSSR count). The van der Waals surface area contributed by atoms with Crippen molar-refractivity contribution in [2.24, 2.45) is 0 Å². The van der Waals surface area contributed by atoms with Crippen molar-refractivity contribution in [2.45, 2.75) is 13.0 Å². The van der Waals surface area contributed by atoms with Gasteiger partial charge < -0.3 is 5.73 Å². The maximum absolute atomic E-state index is 13.3. The molecule has 0 radical (unpaired) electrons. The Bertz CT molecular complexity index is 1060. The van der Waals surface area contributed by atoms with Gasteiger partial charge in [-0.05, 0) is 24.6 Å². The van der Waals surface area contributed by atoms with Crippen LogP contribution in [-0.2, 0) is 9.09 Å². The van der Waals surface area contributed by atoms with Crippen LogP contribution in [-0.4, -0.2) is 45.1 Å². The third-order valence-corrected chi connectivity index (χ3v) is 8.13. The van der Waals surface area contributed by atoms with Gasteiger partial charge in [0.05, 0.1) is 17.5 Å². The standard InChI is InChI=1S/C21H24N5O2P/c1-16(28-29(27,24-11-12-24)25-13-14-25)18-7-8-19(22)20(15-18)26-10-9-23-21(26)17-5-3-2-4-6-17/h2-10,15-16H,11-14,22H2,1H3. The highest BCUT2D eigenvalue weighted by atomic mass is 31.2. The van der Waals surface area contributed by atoms with Crippen LogP contribution in [0.5, 0.6) is 0 Å². The average molecular weight is 409 g/mol. The Morgan fingerprint density at radius 2 is 1.76 bits per heavy atom. The van der Waals surface area contributed by atoms with Crippen LogP contribution in [0.2, 0.25) is 0 Å². The number of anilines is 1. The summed E-state index contributed by atoms with van der Waals surface area (Å²) in [4.78, 5) is 4.52. The number of aromatic nitrogens is 2. The van der Waals surface area contributed by atoms with Gasteiger partial charge in [0, 0.05) is 44.1 Å². The van der Waals surface area contributed by atoms with Gasteiger partial charge in [-0.25, -0.2) is 14.3 Å². The van der Waals surface area contributed by atoms with Gasteiger partial charge in [-0.3, -0.25) is 13.7 Å². The molecule has 7 nitrogen and oxygen atoms in total. The fourth-order valence-electron chi connectivity index (χ4n) is 3.49. The molecule has 8 heteroatoms. The number of nitrogen functional groups attached to an aromatic ring is 1. The van der Waals surface area contributed by atoms with E-state index in [2.05, 4.69) is 4.98 Å². The minimum atomic E-state index is -2.89. The van der Waals surface area contributed by atoms with E-state index in [-0.39, 0.29) is 6.10 Å². The molecular formula is C21H24N5O2P. The molecule has 1 unspecified atom stereocenters. The predicted octanol–water partition coefficient (Wildman–Crippen LogP) is 3.94. The normalized spacial score (nSPS) is 18.0. The number of hydrogen-bond acceptors (Lipinski definition) is 4. The van der Waals surface area contributed by atoms with E-state index < -0.39 is 7.67 Å². The Morgan fingerprint density at radius 1 is 1.07 bits per heavy atom. The Balaban J connectivity index is 1.47. The summed E-state index contributed by atoms with van der Waals surface area (Å²) in [6.07, 6.45) is 3.36. The monoisotopic (exact) mass is 409 g/mol. The van der Waals surface area contributed by atoms with Crippen LogP contribution in [0.4, 0.5) is 5.69 Å². The fraction of sp³-hybridized carbons (Fsp3) is 0.286. The highest BCUT2D eigenvalue weighted by Crippen LogP contribution is 2.63. The van der Waals surface area contributed by atoms with Crippen molar-refractivity contribution in [1.29, 1.82) is 0 Å². The summed E-state index contributed by atoms with van der Waals surface area (Å²) in [5, 5.41) is 0. The zero-order valence-electron chi connectivity index (χ0n) is 16.3. The quantitative estimate of drug-likeness (QED) is 0.362. The molecule has 2 aliphatic rings. The van der Waals surface area contributed by atoms with Crippen LogP contribution in [0.3, 0.4) is 0 Å². The number of rotatable bonds is 7. The van der Waals surface area contributed by atoms with Gasteiger partial charge in [-0.15, -0.1) is 0 Å². The summed E-state index contributed by atoms with van der Waals surface area (Å²) in [7, 11) is -2.89. The molecule has 3 heterocycles. The van der Waals surface area contributed by atoms with Gasteiger partial charge in [-0.2, -0.15) is 0 Å². The van der Waals surface area contributed by atoms with Crippen LogP contribution < -0.4 is 5.73 Å². The molecule has 0 aliphatic carbocycles. The second kappa shape index (κ2) is 7.11. The van der Waals surface area contributed by atoms with Crippen molar-refractivity contribution >= 4 is 13.4 Å². The van der Waals surface area contributed by atoms with E-state index in [1.54, 1.807) is 6.20 Å². The third-order valence-electron chi connectivity index (χ3n) is 5.31. The zero-order chi connectivity index (χ0) is 20.0. The molecule has 1 aromatic heterocycles. The van der Waals surface area contributed by atoms with Gasteiger partial charge in [0.25, 0.3) is 0 Å². The number of benzene rings is 2. The van der Waals surface area contributed by atoms with Crippen molar-refractivity contribution < 1.29 is 9.09 Å². The first-order valence-corrected chi connectivity index (χ1v) is 11.4. The van der Waals surface area contributed by atoms with Crippen LogP contribution >= 0.6 is 7.67 Å². The van der Waals surface area contributed by atoms with Crippen molar-refractivity contribution in [2.75, 3.05) is 31.9 Å². The molecule has 150 valence electrons. The molecule has 2 saturated heterocycles. The van der Waals surface area contributed by atoms with Gasteiger partial charge in [0.2, 0.25) is 0 Å². The molecular weight excluding hydrogens is 385 g/mol. The van der Waals surface area contributed by atoms with E-state index >= 15 is 0 Å². The Morgan fingerprint density at radius 3 is 2.41 bits per heavy atom. The highest BCUT2D eigenvalue weighted by molar-refractivity contribution is 7.54. The van der Waals surface area contributed by atoms with Crippen LogP contribution in [0.1, 0.15) is 18.6 Å². The van der Waals surface area contributed by atoms with Gasteiger partial charge in [0.15, 0.2) is 0 Å². The summed E-state index contributed by atoms with van der Waals surface area (Å²) >= 11 is 0. The molecule has 2 fully saturated rings. The molecule has 2 aromatic carbocycles. The lowest BCUT2D eigenvalue weighted by Crippen LogP contribution is -2.11. The van der Waals surface area contributed by atoms with Gasteiger partial charge >= 0.3 is 7.67 Å². The largest absolute Gasteiger partial charge is 0.397 e. The first kappa shape index (κ1) is 18.6.